The van der Waals surface area contributed by atoms with E-state index < -0.39 is 10.0 Å². The van der Waals surface area contributed by atoms with Gasteiger partial charge < -0.3 is 9.64 Å². The molecule has 6 nitrogen and oxygen atoms in total. The molecule has 2 aromatic rings. The third-order valence-electron chi connectivity index (χ3n) is 6.68. The third kappa shape index (κ3) is 5.64. The molecule has 0 bridgehead atoms. The zero-order chi connectivity index (χ0) is 21.8. The van der Waals surface area contributed by atoms with E-state index in [9.17, 15) is 8.42 Å². The molecule has 1 N–H and O–H groups in total. The molecule has 0 radical (unpaired) electrons. The highest BCUT2D eigenvalue weighted by atomic mass is 32.2. The third-order valence-corrected chi connectivity index (χ3v) is 7.41. The van der Waals surface area contributed by atoms with Gasteiger partial charge in [-0.15, -0.1) is 0 Å². The number of anilines is 1. The topological polar surface area (TPSA) is 71.5 Å². The van der Waals surface area contributed by atoms with Crippen molar-refractivity contribution < 1.29 is 13.2 Å². The Balaban J connectivity index is 1.40. The quantitative estimate of drug-likeness (QED) is 0.708. The normalized spacial score (nSPS) is 26.8. The van der Waals surface area contributed by atoms with E-state index in [4.69, 9.17) is 4.74 Å². The Morgan fingerprint density at radius 3 is 2.52 bits per heavy atom. The zero-order valence-corrected chi connectivity index (χ0v) is 19.2. The maximum absolute atomic E-state index is 11.9. The average Bonchev–Trinajstić information content (AvgIpc) is 3.14. The van der Waals surface area contributed by atoms with Gasteiger partial charge in [-0.1, -0.05) is 30.3 Å². The van der Waals surface area contributed by atoms with Crippen LogP contribution in [0, 0.1) is 6.92 Å². The van der Waals surface area contributed by atoms with Crippen LogP contribution in [0.1, 0.15) is 49.1 Å². The number of benzene rings is 1. The second-order valence-electron chi connectivity index (χ2n) is 8.93. The van der Waals surface area contributed by atoms with Crippen LogP contribution in [0.4, 0.5) is 5.69 Å². The number of ether oxygens (including phenoxy) is 1. The molecule has 168 valence electrons. The van der Waals surface area contributed by atoms with Crippen LogP contribution in [0.2, 0.25) is 0 Å². The van der Waals surface area contributed by atoms with E-state index in [1.54, 1.807) is 6.20 Å². The van der Waals surface area contributed by atoms with Crippen molar-refractivity contribution in [3.05, 3.63) is 59.9 Å². The molecule has 31 heavy (non-hydrogen) atoms. The van der Waals surface area contributed by atoms with Crippen LogP contribution in [0.25, 0.3) is 0 Å². The first kappa shape index (κ1) is 22.2. The van der Waals surface area contributed by atoms with Crippen molar-refractivity contribution in [1.29, 1.82) is 0 Å². The van der Waals surface area contributed by atoms with Gasteiger partial charge in [0.2, 0.25) is 10.0 Å². The van der Waals surface area contributed by atoms with Crippen molar-refractivity contribution in [1.82, 2.24) is 9.71 Å². The molecule has 1 aliphatic carbocycles. The molecule has 2 heterocycles. The van der Waals surface area contributed by atoms with Crippen molar-refractivity contribution in [2.45, 2.75) is 63.1 Å². The fourth-order valence-electron chi connectivity index (χ4n) is 5.05. The molecular formula is C24H33N3O3S. The molecule has 4 rings (SSSR count). The summed E-state index contributed by atoms with van der Waals surface area (Å²) in [6.07, 6.45) is 10.2. The molecular weight excluding hydrogens is 410 g/mol. The van der Waals surface area contributed by atoms with Gasteiger partial charge in [0.1, 0.15) is 0 Å². The lowest BCUT2D eigenvalue weighted by atomic mass is 9.83. The lowest BCUT2D eigenvalue weighted by Gasteiger charge is -2.34. The SMILES string of the molecule is Cc1ccncc1N1CC[C@H](NS(C)(=O)=O)[C@@H]1CO[C@H]1CC[C@@H](c2ccccc2)CC1. The molecule has 0 amide bonds. The zero-order valence-electron chi connectivity index (χ0n) is 18.4. The smallest absolute Gasteiger partial charge is 0.209 e. The molecule has 1 aliphatic heterocycles. The van der Waals surface area contributed by atoms with E-state index in [1.165, 1.54) is 11.8 Å². The largest absolute Gasteiger partial charge is 0.376 e. The summed E-state index contributed by atoms with van der Waals surface area (Å²) in [6.45, 7) is 3.37. The minimum absolute atomic E-state index is 0.0375. The van der Waals surface area contributed by atoms with E-state index in [0.717, 1.165) is 49.9 Å². The first-order valence-electron chi connectivity index (χ1n) is 11.2. The van der Waals surface area contributed by atoms with E-state index in [-0.39, 0.29) is 18.2 Å². The van der Waals surface area contributed by atoms with Gasteiger partial charge in [-0.3, -0.25) is 4.98 Å². The summed E-state index contributed by atoms with van der Waals surface area (Å²) in [5.41, 5.74) is 3.62. The Hall–Kier alpha value is -1.96. The Labute approximate surface area is 186 Å². The van der Waals surface area contributed by atoms with Crippen LogP contribution in [0.15, 0.2) is 48.8 Å². The van der Waals surface area contributed by atoms with E-state index in [1.807, 2.05) is 12.3 Å². The number of nitrogens with one attached hydrogen (secondary N) is 1. The molecule has 1 aromatic heterocycles. The number of sulfonamides is 1. The number of nitrogens with zero attached hydrogens (tertiary/aromatic N) is 2. The van der Waals surface area contributed by atoms with Crippen LogP contribution in [-0.2, 0) is 14.8 Å². The van der Waals surface area contributed by atoms with Crippen LogP contribution < -0.4 is 9.62 Å². The van der Waals surface area contributed by atoms with Gasteiger partial charge in [-0.05, 0) is 62.1 Å². The Morgan fingerprint density at radius 1 is 1.10 bits per heavy atom. The van der Waals surface area contributed by atoms with Gasteiger partial charge in [-0.25, -0.2) is 13.1 Å². The number of pyridine rings is 1. The van der Waals surface area contributed by atoms with Crippen molar-refractivity contribution >= 4 is 15.7 Å². The number of hydrogen-bond acceptors (Lipinski definition) is 5. The average molecular weight is 444 g/mol. The maximum atomic E-state index is 11.9. The fraction of sp³-hybridized carbons (Fsp3) is 0.542. The second kappa shape index (κ2) is 9.67. The van der Waals surface area contributed by atoms with E-state index in [0.29, 0.717) is 12.5 Å². The maximum Gasteiger partial charge on any atom is 0.209 e. The first-order chi connectivity index (χ1) is 14.9. The predicted molar refractivity (Wildman–Crippen MR) is 124 cm³/mol. The lowest BCUT2D eigenvalue weighted by molar-refractivity contribution is 0.0157. The van der Waals surface area contributed by atoms with Gasteiger partial charge in [0.05, 0.1) is 36.9 Å². The fourth-order valence-corrected chi connectivity index (χ4v) is 5.88. The minimum atomic E-state index is -3.29. The van der Waals surface area contributed by atoms with Crippen molar-refractivity contribution in [3.8, 4) is 0 Å². The van der Waals surface area contributed by atoms with Crippen molar-refractivity contribution in [2.75, 3.05) is 24.3 Å². The van der Waals surface area contributed by atoms with Crippen LogP contribution >= 0.6 is 0 Å². The second-order valence-corrected chi connectivity index (χ2v) is 10.7. The Bertz CT molecular complexity index is 959. The van der Waals surface area contributed by atoms with E-state index >= 15 is 0 Å². The summed E-state index contributed by atoms with van der Waals surface area (Å²) >= 11 is 0. The summed E-state index contributed by atoms with van der Waals surface area (Å²) in [7, 11) is -3.29. The molecule has 2 fully saturated rings. The van der Waals surface area contributed by atoms with E-state index in [2.05, 4.69) is 51.9 Å². The lowest BCUT2D eigenvalue weighted by Crippen LogP contribution is -2.48. The van der Waals surface area contributed by atoms with Crippen LogP contribution in [-0.4, -0.2) is 51.0 Å². The molecule has 0 unspecified atom stereocenters. The van der Waals surface area contributed by atoms with Crippen molar-refractivity contribution in [2.24, 2.45) is 0 Å². The number of hydrogen-bond donors (Lipinski definition) is 1. The van der Waals surface area contributed by atoms with Crippen LogP contribution in [0.5, 0.6) is 0 Å². The molecule has 1 saturated heterocycles. The molecule has 0 spiro atoms. The molecule has 1 saturated carbocycles. The first-order valence-corrected chi connectivity index (χ1v) is 13.1. The highest BCUT2D eigenvalue weighted by Gasteiger charge is 2.37. The van der Waals surface area contributed by atoms with Gasteiger partial charge in [0, 0.05) is 18.8 Å². The summed E-state index contributed by atoms with van der Waals surface area (Å²) in [6, 6.07) is 12.5. The molecule has 2 atom stereocenters. The summed E-state index contributed by atoms with van der Waals surface area (Å²) in [5.74, 6) is 0.613. The van der Waals surface area contributed by atoms with Gasteiger partial charge in [0.25, 0.3) is 0 Å². The Kier molecular flexibility index (Phi) is 6.94. The van der Waals surface area contributed by atoms with Crippen molar-refractivity contribution in [3.63, 3.8) is 0 Å². The van der Waals surface area contributed by atoms with Gasteiger partial charge in [-0.2, -0.15) is 0 Å². The van der Waals surface area contributed by atoms with Crippen LogP contribution in [0.3, 0.4) is 0 Å². The summed E-state index contributed by atoms with van der Waals surface area (Å²) in [4.78, 5) is 6.55. The molecule has 1 aromatic carbocycles. The summed E-state index contributed by atoms with van der Waals surface area (Å²) in [5, 5.41) is 0. The predicted octanol–water partition coefficient (Wildman–Crippen LogP) is 3.63. The highest BCUT2D eigenvalue weighted by Crippen LogP contribution is 2.35. The highest BCUT2D eigenvalue weighted by molar-refractivity contribution is 7.88. The van der Waals surface area contributed by atoms with Gasteiger partial charge in [0.15, 0.2) is 0 Å². The standard InChI is InChI=1S/C24H33N3O3S/c1-18-12-14-25-16-23(18)27-15-13-22(26-31(2,28)29)24(27)17-30-21-10-8-20(9-11-21)19-6-4-3-5-7-19/h3-7,12,14,16,20-22,24,26H,8-11,13,15,17H2,1-2H3/t20-,21+,22-,24-/m0/s1. The monoisotopic (exact) mass is 443 g/mol. The minimum Gasteiger partial charge on any atom is -0.376 e. The molecule has 2 aliphatic rings. The number of aryl methyl sites for hydroxylation is 1. The Morgan fingerprint density at radius 2 is 1.84 bits per heavy atom. The van der Waals surface area contributed by atoms with Gasteiger partial charge >= 0.3 is 0 Å². The summed E-state index contributed by atoms with van der Waals surface area (Å²) < 4.78 is 33.1. The number of aromatic nitrogens is 1. The number of rotatable bonds is 7. The molecule has 7 heteroatoms.